The number of esters is 1. The molecule has 0 aliphatic carbocycles. The molecule has 0 spiro atoms. The fourth-order valence-electron chi connectivity index (χ4n) is 11.1. The molecule has 3 N–H and O–H groups in total. The number of carbonyl (C=O) groups excluding carboxylic acids is 2. The van der Waals surface area contributed by atoms with E-state index in [9.17, 15) is 19.8 Å². The van der Waals surface area contributed by atoms with Gasteiger partial charge in [-0.25, -0.2) is 0 Å². The highest BCUT2D eigenvalue weighted by molar-refractivity contribution is 5.76. The molecule has 446 valence electrons. The summed E-state index contributed by atoms with van der Waals surface area (Å²) >= 11 is 0. The zero-order valence-corrected chi connectivity index (χ0v) is 51.1. The molecule has 6 heteroatoms. The molecule has 0 rings (SSSR count). The minimum atomic E-state index is -0.662. The smallest absolute Gasteiger partial charge is 0.305 e. The lowest BCUT2D eigenvalue weighted by Gasteiger charge is -2.22. The van der Waals surface area contributed by atoms with Crippen molar-refractivity contribution in [3.63, 3.8) is 0 Å². The van der Waals surface area contributed by atoms with E-state index in [-0.39, 0.29) is 18.5 Å². The third-order valence-electron chi connectivity index (χ3n) is 16.3. The van der Waals surface area contributed by atoms with Gasteiger partial charge in [-0.1, -0.05) is 341 Å². The SMILES string of the molecule is CCCCCCCCCCCCCCCCCCCC(=O)OCCCCCCCCCCCCCC/C=C\CCCCCCCCCCCCCCCC(=O)NC(CO)C(O)CCCCCCCCCCCCCC. The van der Waals surface area contributed by atoms with Gasteiger partial charge in [0.05, 0.1) is 25.4 Å². The molecule has 0 saturated heterocycles. The van der Waals surface area contributed by atoms with E-state index >= 15 is 0 Å². The van der Waals surface area contributed by atoms with Gasteiger partial charge in [-0.15, -0.1) is 0 Å². The molecule has 0 aliphatic heterocycles. The molecule has 1 amide bonds. The zero-order chi connectivity index (χ0) is 54.3. The van der Waals surface area contributed by atoms with Gasteiger partial charge in [0.25, 0.3) is 0 Å². The Kier molecular flexibility index (Phi) is 63.9. The predicted octanol–water partition coefficient (Wildman–Crippen LogP) is 22.0. The molecule has 0 aromatic heterocycles. The molecule has 75 heavy (non-hydrogen) atoms. The van der Waals surface area contributed by atoms with E-state index in [1.54, 1.807) is 0 Å². The van der Waals surface area contributed by atoms with Gasteiger partial charge in [0.2, 0.25) is 5.91 Å². The summed E-state index contributed by atoms with van der Waals surface area (Å²) in [6.07, 6.45) is 79.7. The first-order valence-corrected chi connectivity index (χ1v) is 34.4. The van der Waals surface area contributed by atoms with E-state index in [2.05, 4.69) is 31.3 Å². The zero-order valence-electron chi connectivity index (χ0n) is 51.1. The van der Waals surface area contributed by atoms with Crippen LogP contribution in [0.5, 0.6) is 0 Å². The second-order valence-corrected chi connectivity index (χ2v) is 23.9. The van der Waals surface area contributed by atoms with Crippen LogP contribution in [0.1, 0.15) is 393 Å². The van der Waals surface area contributed by atoms with E-state index in [4.69, 9.17) is 4.74 Å². The van der Waals surface area contributed by atoms with Gasteiger partial charge in [-0.3, -0.25) is 9.59 Å². The number of carbonyl (C=O) groups is 2. The number of nitrogens with one attached hydrogen (secondary N) is 1. The first-order chi connectivity index (χ1) is 37.0. The molecule has 0 aliphatic rings. The summed E-state index contributed by atoms with van der Waals surface area (Å²) in [6, 6.07) is -0.539. The normalized spacial score (nSPS) is 12.5. The molecule has 0 radical (unpaired) electrons. The van der Waals surface area contributed by atoms with Crippen LogP contribution in [-0.2, 0) is 14.3 Å². The van der Waals surface area contributed by atoms with Gasteiger partial charge in [0.1, 0.15) is 0 Å². The lowest BCUT2D eigenvalue weighted by Crippen LogP contribution is -2.45. The van der Waals surface area contributed by atoms with E-state index < -0.39 is 12.1 Å². The Morgan fingerprint density at radius 1 is 0.360 bits per heavy atom. The van der Waals surface area contributed by atoms with Crippen molar-refractivity contribution in [2.45, 2.75) is 405 Å². The number of rotatable bonds is 65. The van der Waals surface area contributed by atoms with E-state index in [1.807, 2.05) is 0 Å². The van der Waals surface area contributed by atoms with Gasteiger partial charge in [-0.05, 0) is 51.4 Å². The summed E-state index contributed by atoms with van der Waals surface area (Å²) in [7, 11) is 0. The van der Waals surface area contributed by atoms with Crippen molar-refractivity contribution in [2.75, 3.05) is 13.2 Å². The number of hydrogen-bond acceptors (Lipinski definition) is 5. The molecule has 0 heterocycles. The fraction of sp³-hybridized carbons (Fsp3) is 0.942. The molecule has 0 saturated carbocycles. The van der Waals surface area contributed by atoms with Crippen molar-refractivity contribution in [1.29, 1.82) is 0 Å². The van der Waals surface area contributed by atoms with Gasteiger partial charge >= 0.3 is 5.97 Å². The number of amides is 1. The molecule has 0 aromatic carbocycles. The fourth-order valence-corrected chi connectivity index (χ4v) is 11.1. The summed E-state index contributed by atoms with van der Waals surface area (Å²) < 4.78 is 5.51. The van der Waals surface area contributed by atoms with Crippen molar-refractivity contribution < 1.29 is 24.5 Å². The van der Waals surface area contributed by atoms with Gasteiger partial charge in [0.15, 0.2) is 0 Å². The third-order valence-corrected chi connectivity index (χ3v) is 16.3. The maximum absolute atomic E-state index is 12.5. The average Bonchev–Trinajstić information content (AvgIpc) is 3.41. The lowest BCUT2D eigenvalue weighted by molar-refractivity contribution is -0.143. The highest BCUT2D eigenvalue weighted by Gasteiger charge is 2.20. The maximum Gasteiger partial charge on any atom is 0.305 e. The number of aliphatic hydroxyl groups excluding tert-OH is 2. The van der Waals surface area contributed by atoms with Gasteiger partial charge in [-0.2, -0.15) is 0 Å². The van der Waals surface area contributed by atoms with E-state index in [0.717, 1.165) is 38.5 Å². The second kappa shape index (κ2) is 65.1. The monoisotopic (exact) mass is 1060 g/mol. The standard InChI is InChI=1S/C69H135NO5/c1-3-5-7-9-11-13-15-17-18-32-36-39-43-47-51-55-59-63-69(74)75-64-60-56-52-48-44-40-37-34-31-29-27-25-23-21-19-20-22-24-26-28-30-33-35-38-42-46-50-54-58-62-68(73)70-66(65-71)67(72)61-57-53-49-45-41-16-14-12-10-8-6-4-2/h19,21,66-67,71-72H,3-18,20,22-65H2,1-2H3,(H,70,73)/b21-19-. The third kappa shape index (κ3) is 61.7. The summed E-state index contributed by atoms with van der Waals surface area (Å²) in [6.45, 7) is 4.99. The van der Waals surface area contributed by atoms with Crippen molar-refractivity contribution in [1.82, 2.24) is 5.32 Å². The number of hydrogen-bond donors (Lipinski definition) is 3. The minimum absolute atomic E-state index is 0.0213. The van der Waals surface area contributed by atoms with Gasteiger partial charge in [0, 0.05) is 12.8 Å². The first kappa shape index (κ1) is 73.6. The Bertz CT molecular complexity index is 1130. The van der Waals surface area contributed by atoms with Crippen molar-refractivity contribution in [3.05, 3.63) is 12.2 Å². The number of unbranched alkanes of at least 4 members (excludes halogenated alkanes) is 52. The molecular formula is C69H135NO5. The molecule has 0 bridgehead atoms. The Balaban J connectivity index is 3.33. The van der Waals surface area contributed by atoms with Crippen LogP contribution in [0.25, 0.3) is 0 Å². The Hall–Kier alpha value is -1.40. The van der Waals surface area contributed by atoms with Crippen LogP contribution in [0.3, 0.4) is 0 Å². The second-order valence-electron chi connectivity index (χ2n) is 23.9. The van der Waals surface area contributed by atoms with Crippen molar-refractivity contribution in [3.8, 4) is 0 Å². The summed E-state index contributed by atoms with van der Waals surface area (Å²) in [5.41, 5.74) is 0. The quantitative estimate of drug-likeness (QED) is 0.0320. The Morgan fingerprint density at radius 3 is 0.947 bits per heavy atom. The van der Waals surface area contributed by atoms with Crippen LogP contribution in [0.15, 0.2) is 12.2 Å². The van der Waals surface area contributed by atoms with Crippen LogP contribution >= 0.6 is 0 Å². The van der Waals surface area contributed by atoms with Crippen molar-refractivity contribution >= 4 is 11.9 Å². The highest BCUT2D eigenvalue weighted by Crippen LogP contribution is 2.19. The Labute approximate surface area is 469 Å². The van der Waals surface area contributed by atoms with E-state index in [0.29, 0.717) is 25.9 Å². The van der Waals surface area contributed by atoms with Gasteiger partial charge < -0.3 is 20.3 Å². The van der Waals surface area contributed by atoms with Crippen LogP contribution < -0.4 is 5.32 Å². The van der Waals surface area contributed by atoms with Crippen molar-refractivity contribution in [2.24, 2.45) is 0 Å². The lowest BCUT2D eigenvalue weighted by atomic mass is 10.0. The van der Waals surface area contributed by atoms with E-state index in [1.165, 1.54) is 321 Å². The summed E-state index contributed by atoms with van der Waals surface area (Å²) in [5.74, 6) is -0.0112. The Morgan fingerprint density at radius 2 is 0.627 bits per heavy atom. The number of allylic oxidation sites excluding steroid dienone is 2. The molecule has 2 unspecified atom stereocenters. The number of ether oxygens (including phenoxy) is 1. The molecule has 2 atom stereocenters. The van der Waals surface area contributed by atoms with Crippen LogP contribution in [-0.4, -0.2) is 47.4 Å². The summed E-state index contributed by atoms with van der Waals surface area (Å²) in [5, 5.41) is 23.2. The molecular weight excluding hydrogens is 923 g/mol. The largest absolute Gasteiger partial charge is 0.466 e. The molecule has 0 aromatic rings. The average molecular weight is 1060 g/mol. The highest BCUT2D eigenvalue weighted by atomic mass is 16.5. The first-order valence-electron chi connectivity index (χ1n) is 34.4. The molecule has 6 nitrogen and oxygen atoms in total. The molecule has 0 fully saturated rings. The maximum atomic E-state index is 12.5. The summed E-state index contributed by atoms with van der Waals surface area (Å²) in [4.78, 5) is 24.6. The number of aliphatic hydroxyl groups is 2. The predicted molar refractivity (Wildman–Crippen MR) is 329 cm³/mol. The minimum Gasteiger partial charge on any atom is -0.466 e. The topological polar surface area (TPSA) is 95.9 Å². The van der Waals surface area contributed by atoms with Crippen LogP contribution in [0.2, 0.25) is 0 Å². The van der Waals surface area contributed by atoms with Crippen LogP contribution in [0.4, 0.5) is 0 Å². The van der Waals surface area contributed by atoms with Crippen LogP contribution in [0, 0.1) is 0 Å².